The Bertz CT molecular complexity index is 2020. The number of anilines is 4. The first-order valence-electron chi connectivity index (χ1n) is 15.5. The molecule has 0 spiro atoms. The van der Waals surface area contributed by atoms with Crippen molar-refractivity contribution >= 4 is 52.7 Å². The molecule has 0 unspecified atom stereocenters. The van der Waals surface area contributed by atoms with Gasteiger partial charge in [-0.3, -0.25) is 5.32 Å². The van der Waals surface area contributed by atoms with Crippen LogP contribution in [0.3, 0.4) is 0 Å². The van der Waals surface area contributed by atoms with Crippen molar-refractivity contribution in [2.75, 3.05) is 29.3 Å². The van der Waals surface area contributed by atoms with Crippen LogP contribution in [0, 0.1) is 10.8 Å². The van der Waals surface area contributed by atoms with E-state index in [9.17, 15) is 9.36 Å². The summed E-state index contributed by atoms with van der Waals surface area (Å²) in [6, 6.07) is 29.5. The van der Waals surface area contributed by atoms with Crippen LogP contribution in [-0.2, 0) is 10.7 Å². The summed E-state index contributed by atoms with van der Waals surface area (Å²) < 4.78 is 18.6. The number of ether oxygens (including phenoxy) is 1. The molecule has 11 heteroatoms. The van der Waals surface area contributed by atoms with Crippen LogP contribution in [0.4, 0.5) is 27.8 Å². The molecule has 0 fully saturated rings. The first-order valence-corrected chi connectivity index (χ1v) is 18.2. The summed E-state index contributed by atoms with van der Waals surface area (Å²) in [4.78, 5) is 22.2. The highest BCUT2D eigenvalue weighted by Crippen LogP contribution is 2.40. The number of amides is 2. The van der Waals surface area contributed by atoms with Gasteiger partial charge in [0.15, 0.2) is 0 Å². The van der Waals surface area contributed by atoms with Gasteiger partial charge in [0.05, 0.1) is 12.8 Å². The van der Waals surface area contributed by atoms with Crippen LogP contribution in [-0.4, -0.2) is 35.0 Å². The number of rotatable bonds is 11. The van der Waals surface area contributed by atoms with Gasteiger partial charge in [-0.25, -0.2) is 9.78 Å². The summed E-state index contributed by atoms with van der Waals surface area (Å²) >= 11 is 0. The summed E-state index contributed by atoms with van der Waals surface area (Å²) in [5, 5.41) is 22.4. The van der Waals surface area contributed by atoms with Crippen molar-refractivity contribution in [3.05, 3.63) is 121 Å². The fourth-order valence-electron chi connectivity index (χ4n) is 4.77. The average Bonchev–Trinajstić information content (AvgIpc) is 3.02. The minimum atomic E-state index is -2.28. The van der Waals surface area contributed by atoms with E-state index in [1.54, 1.807) is 43.8 Å². The Kier molecular flexibility index (Phi) is 10.3. The highest BCUT2D eigenvalue weighted by Gasteiger charge is 2.18. The van der Waals surface area contributed by atoms with Gasteiger partial charge in [-0.15, -0.1) is 0 Å². The maximum absolute atomic E-state index is 13.4. The topological polar surface area (TPSA) is 141 Å². The number of para-hydroxylation sites is 1. The van der Waals surface area contributed by atoms with Crippen molar-refractivity contribution in [3.63, 3.8) is 0 Å². The maximum Gasteiger partial charge on any atom is 0.324 e. The van der Waals surface area contributed by atoms with Crippen LogP contribution < -0.4 is 26.0 Å². The Balaban J connectivity index is 1.35. The second-order valence-electron chi connectivity index (χ2n) is 12.8. The summed E-state index contributed by atoms with van der Waals surface area (Å²) in [5.74, 6) is 1.65. The molecule has 1 aromatic heterocycles. The Hall–Kier alpha value is -5.47. The molecule has 0 aliphatic rings. The van der Waals surface area contributed by atoms with E-state index in [-0.39, 0.29) is 0 Å². The first kappa shape index (κ1) is 33.9. The van der Waals surface area contributed by atoms with Gasteiger partial charge in [0, 0.05) is 57.8 Å². The first-order chi connectivity index (χ1) is 22.8. The molecule has 48 heavy (non-hydrogen) atoms. The van der Waals surface area contributed by atoms with Gasteiger partial charge in [0.1, 0.15) is 11.6 Å². The molecule has 0 saturated carbocycles. The third-order valence-corrected chi connectivity index (χ3v) is 8.25. The van der Waals surface area contributed by atoms with E-state index in [1.165, 1.54) is 0 Å². The Morgan fingerprint density at radius 2 is 1.58 bits per heavy atom. The molecule has 0 atom stereocenters. The molecular weight excluding hydrogens is 621 g/mol. The summed E-state index contributed by atoms with van der Waals surface area (Å²) in [7, 11) is -2.28. The summed E-state index contributed by atoms with van der Waals surface area (Å²) in [6.07, 6.45) is 3.69. The number of nitrogens with zero attached hydrogens (tertiary/aromatic N) is 2. The van der Waals surface area contributed by atoms with Crippen molar-refractivity contribution in [1.29, 1.82) is 5.41 Å². The number of urea groups is 1. The van der Waals surface area contributed by atoms with E-state index in [2.05, 4.69) is 31.2 Å². The number of hydrogen-bond donors (Lipinski definition) is 5. The fourth-order valence-corrected chi connectivity index (χ4v) is 5.85. The van der Waals surface area contributed by atoms with Crippen molar-refractivity contribution in [1.82, 2.24) is 15.3 Å². The van der Waals surface area contributed by atoms with Gasteiger partial charge in [0.2, 0.25) is 11.8 Å². The van der Waals surface area contributed by atoms with Crippen LogP contribution in [0.1, 0.15) is 26.3 Å². The number of hydrogen-bond acceptors (Lipinski definition) is 8. The molecule has 2 amide bonds. The Morgan fingerprint density at radius 3 is 2.31 bits per heavy atom. The molecule has 0 saturated heterocycles. The number of carbonyl (C=O) groups is 1. The highest BCUT2D eigenvalue weighted by molar-refractivity contribution is 7.61. The summed E-state index contributed by atoms with van der Waals surface area (Å²) in [5.41, 5.74) is 2.92. The monoisotopic (exact) mass is 661 g/mol. The summed E-state index contributed by atoms with van der Waals surface area (Å²) in [6.45, 7) is 9.31. The van der Waals surface area contributed by atoms with Gasteiger partial charge < -0.3 is 30.7 Å². The minimum absolute atomic E-state index is 0.326. The van der Waals surface area contributed by atoms with Crippen molar-refractivity contribution < 1.29 is 14.1 Å². The average molecular weight is 662 g/mol. The number of allylic oxidation sites excluding steroid dienone is 1. The molecule has 0 aliphatic heterocycles. The lowest BCUT2D eigenvalue weighted by Crippen LogP contribution is -2.32. The molecule has 4 aromatic carbocycles. The van der Waals surface area contributed by atoms with E-state index in [1.807, 2.05) is 99.6 Å². The van der Waals surface area contributed by atoms with Crippen LogP contribution in [0.15, 0.2) is 115 Å². The highest BCUT2D eigenvalue weighted by atomic mass is 31.2. The zero-order chi connectivity index (χ0) is 34.3. The molecule has 246 valence electrons. The largest absolute Gasteiger partial charge is 0.438 e. The van der Waals surface area contributed by atoms with E-state index in [0.717, 1.165) is 22.0 Å². The second kappa shape index (κ2) is 14.5. The van der Waals surface area contributed by atoms with Crippen molar-refractivity contribution in [2.24, 2.45) is 5.41 Å². The lowest BCUT2D eigenvalue weighted by molar-refractivity contribution is 0.254. The number of benzene rings is 4. The molecular formula is C37H40N7O3P. The van der Waals surface area contributed by atoms with Gasteiger partial charge in [-0.1, -0.05) is 75.4 Å². The quantitative estimate of drug-likeness (QED) is 0.0701. The molecule has 5 rings (SSSR count). The lowest BCUT2D eigenvalue weighted by Gasteiger charge is -2.20. The van der Waals surface area contributed by atoms with Crippen LogP contribution in [0.2, 0.25) is 0 Å². The predicted octanol–water partition coefficient (Wildman–Crippen LogP) is 9.43. The molecule has 0 bridgehead atoms. The lowest BCUT2D eigenvalue weighted by atomic mass is 9.90. The standard InChI is InChI=1S/C37H40N7O3P/c1-37(2,3)32(38)23-33(40-27-15-11-12-25(22-27)24-48(4,5)46)43-36(45)42-30-18-19-31(29-17-10-9-16-28(29)30)47-34-20-21-39-35(44-34)41-26-13-7-6-8-14-26/h6-23,38,40H,24H2,1-5H3,(H,39,41,44)(H2,42,43,45)/b33-23+,38-32?. The number of carbonyl (C=O) groups excluding carboxylic acids is 1. The number of nitrogens with one attached hydrogen (secondary N) is 5. The number of aromatic nitrogens is 2. The van der Waals surface area contributed by atoms with Crippen molar-refractivity contribution in [3.8, 4) is 11.6 Å². The maximum atomic E-state index is 13.4. The molecule has 0 radical (unpaired) electrons. The molecule has 10 nitrogen and oxygen atoms in total. The number of fused-ring (bicyclic) bond motifs is 1. The Morgan fingerprint density at radius 1 is 0.875 bits per heavy atom. The van der Waals surface area contributed by atoms with Crippen LogP contribution >= 0.6 is 7.14 Å². The third kappa shape index (κ3) is 9.53. The minimum Gasteiger partial charge on any atom is -0.438 e. The van der Waals surface area contributed by atoms with Gasteiger partial charge in [-0.05, 0) is 55.3 Å². The smallest absolute Gasteiger partial charge is 0.324 e. The molecule has 1 heterocycles. The Labute approximate surface area is 280 Å². The van der Waals surface area contributed by atoms with E-state index >= 15 is 0 Å². The zero-order valence-corrected chi connectivity index (χ0v) is 28.6. The van der Waals surface area contributed by atoms with E-state index in [4.69, 9.17) is 10.1 Å². The zero-order valence-electron chi connectivity index (χ0n) is 27.7. The molecule has 0 aliphatic carbocycles. The van der Waals surface area contributed by atoms with E-state index in [0.29, 0.717) is 46.6 Å². The van der Waals surface area contributed by atoms with Crippen LogP contribution in [0.25, 0.3) is 10.8 Å². The van der Waals surface area contributed by atoms with Gasteiger partial charge in [-0.2, -0.15) is 4.98 Å². The van der Waals surface area contributed by atoms with E-state index < -0.39 is 18.6 Å². The normalized spacial score (nSPS) is 11.9. The van der Waals surface area contributed by atoms with Crippen molar-refractivity contribution in [2.45, 2.75) is 26.9 Å². The van der Waals surface area contributed by atoms with Gasteiger partial charge >= 0.3 is 6.03 Å². The molecule has 5 aromatic rings. The molecule has 5 N–H and O–H groups in total. The fraction of sp³-hybridized carbons (Fsp3) is 0.189. The second-order valence-corrected chi connectivity index (χ2v) is 16.3. The SMILES string of the molecule is CC(C)(C)C(=N)/C=C(/NC(=O)Nc1ccc(Oc2ccnc(Nc3ccccc3)n2)c2ccccc12)Nc1cccc(CP(C)(C)=O)c1. The third-order valence-electron chi connectivity index (χ3n) is 7.12. The van der Waals surface area contributed by atoms with Crippen LogP contribution in [0.5, 0.6) is 11.6 Å². The van der Waals surface area contributed by atoms with Gasteiger partial charge in [0.25, 0.3) is 0 Å². The predicted molar refractivity (Wildman–Crippen MR) is 196 cm³/mol.